The van der Waals surface area contributed by atoms with Crippen molar-refractivity contribution in [3.63, 3.8) is 0 Å². The van der Waals surface area contributed by atoms with Crippen LogP contribution in [-0.2, 0) is 4.79 Å². The highest BCUT2D eigenvalue weighted by Gasteiger charge is 2.29. The minimum atomic E-state index is -0.569. The van der Waals surface area contributed by atoms with Gasteiger partial charge in [0.05, 0.1) is 17.5 Å². The van der Waals surface area contributed by atoms with E-state index >= 15 is 0 Å². The van der Waals surface area contributed by atoms with Crippen molar-refractivity contribution in [2.24, 2.45) is 27.7 Å². The lowest BCUT2D eigenvalue weighted by atomic mass is 9.97. The van der Waals surface area contributed by atoms with E-state index in [2.05, 4.69) is 30.5 Å². The normalized spacial score (nSPS) is 25.3. The van der Waals surface area contributed by atoms with Crippen LogP contribution in [0.1, 0.15) is 27.2 Å². The molecule has 5 heteroatoms. The molecule has 0 saturated heterocycles. The van der Waals surface area contributed by atoms with Gasteiger partial charge in [0.15, 0.2) is 0 Å². The van der Waals surface area contributed by atoms with Crippen LogP contribution >= 0.6 is 0 Å². The number of hydrogen-bond acceptors (Lipinski definition) is 4. The Labute approximate surface area is 108 Å². The number of aliphatic imine (C=N–C) groups is 1. The highest BCUT2D eigenvalue weighted by atomic mass is 16.1. The molecule has 0 fully saturated rings. The van der Waals surface area contributed by atoms with Crippen molar-refractivity contribution < 1.29 is 4.79 Å². The smallest absolute Gasteiger partial charge is 0.232 e. The summed E-state index contributed by atoms with van der Waals surface area (Å²) in [7, 11) is 1.78. The number of allylic oxidation sites excluding steroid dienone is 1. The molecule has 100 valence electrons. The highest BCUT2D eigenvalue weighted by Crippen LogP contribution is 2.19. The number of nitrogens with two attached hydrogens (primary N) is 1. The first-order chi connectivity index (χ1) is 8.38. The number of carbonyl (C=O) groups is 1. The summed E-state index contributed by atoms with van der Waals surface area (Å²) in [6.45, 7) is 10.2. The first-order valence-electron chi connectivity index (χ1n) is 6.22. The number of amides is 1. The van der Waals surface area contributed by atoms with E-state index in [1.54, 1.807) is 12.1 Å². The molecule has 1 aliphatic rings. The van der Waals surface area contributed by atoms with Gasteiger partial charge < -0.3 is 5.73 Å². The van der Waals surface area contributed by atoms with E-state index < -0.39 is 11.8 Å². The molecular weight excluding hydrogens is 228 g/mol. The lowest BCUT2D eigenvalue weighted by Gasteiger charge is -2.27. The molecule has 0 aromatic carbocycles. The van der Waals surface area contributed by atoms with Crippen LogP contribution in [0.4, 0.5) is 0 Å². The molecule has 3 atom stereocenters. The van der Waals surface area contributed by atoms with Gasteiger partial charge in [0.1, 0.15) is 5.92 Å². The average molecular weight is 250 g/mol. The van der Waals surface area contributed by atoms with Gasteiger partial charge in [0.2, 0.25) is 5.91 Å². The molecule has 0 spiro atoms. The van der Waals surface area contributed by atoms with Gasteiger partial charge in [-0.05, 0) is 12.8 Å². The summed E-state index contributed by atoms with van der Waals surface area (Å²) in [6.07, 6.45) is 2.56. The molecule has 5 nitrogen and oxygen atoms in total. The number of primary amides is 1. The van der Waals surface area contributed by atoms with Crippen molar-refractivity contribution in [2.75, 3.05) is 7.05 Å². The van der Waals surface area contributed by atoms with E-state index in [0.717, 1.165) is 6.42 Å². The fourth-order valence-electron chi connectivity index (χ4n) is 1.70. The molecule has 1 rings (SSSR count). The fourth-order valence-corrected chi connectivity index (χ4v) is 1.70. The van der Waals surface area contributed by atoms with Gasteiger partial charge in [0.25, 0.3) is 0 Å². The molecule has 1 amide bonds. The minimum Gasteiger partial charge on any atom is -0.369 e. The fraction of sp³-hybridized carbons (Fsp3) is 0.615. The van der Waals surface area contributed by atoms with E-state index in [4.69, 9.17) is 5.73 Å². The Morgan fingerprint density at radius 3 is 2.78 bits per heavy atom. The maximum absolute atomic E-state index is 11.4. The van der Waals surface area contributed by atoms with Gasteiger partial charge in [-0.25, -0.2) is 0 Å². The lowest BCUT2D eigenvalue weighted by molar-refractivity contribution is -0.118. The van der Waals surface area contributed by atoms with Crippen LogP contribution < -0.4 is 5.73 Å². The summed E-state index contributed by atoms with van der Waals surface area (Å²) in [5, 5.41) is 5.68. The lowest BCUT2D eigenvalue weighted by Crippen LogP contribution is -2.40. The number of carbonyl (C=O) groups excluding carboxylic acids is 1. The maximum Gasteiger partial charge on any atom is 0.232 e. The number of hydrogen-bond donors (Lipinski definition) is 1. The topological polar surface area (TPSA) is 71.0 Å². The molecule has 0 saturated carbocycles. The first kappa shape index (κ1) is 14.4. The first-order valence-corrected chi connectivity index (χ1v) is 6.22. The quantitative estimate of drug-likeness (QED) is 0.819. The van der Waals surface area contributed by atoms with Gasteiger partial charge in [0, 0.05) is 13.3 Å². The van der Waals surface area contributed by atoms with Gasteiger partial charge in [-0.1, -0.05) is 26.8 Å². The van der Waals surface area contributed by atoms with Crippen molar-refractivity contribution in [3.8, 4) is 0 Å². The van der Waals surface area contributed by atoms with Gasteiger partial charge in [-0.3, -0.25) is 14.8 Å². The molecule has 0 aromatic rings. The average Bonchev–Trinajstić information content (AvgIpc) is 2.33. The van der Waals surface area contributed by atoms with Crippen LogP contribution in [0.5, 0.6) is 0 Å². The second-order valence-corrected chi connectivity index (χ2v) is 4.76. The van der Waals surface area contributed by atoms with Crippen molar-refractivity contribution in [2.45, 2.75) is 33.2 Å². The molecule has 2 N–H and O–H groups in total. The standard InChI is InChI=1S/C13H22N4O/c1-6-8(2)9(3)16-12-10(4)17(5)15-7-11(12)13(14)18/h7-9,11H,4,6H2,1-3,5H3,(H2,14,18). The van der Waals surface area contributed by atoms with Crippen LogP contribution in [0.15, 0.2) is 22.4 Å². The largest absolute Gasteiger partial charge is 0.369 e. The Kier molecular flexibility index (Phi) is 4.64. The third-order valence-electron chi connectivity index (χ3n) is 3.49. The third kappa shape index (κ3) is 2.97. The monoisotopic (exact) mass is 250 g/mol. The van der Waals surface area contributed by atoms with E-state index in [0.29, 0.717) is 17.3 Å². The van der Waals surface area contributed by atoms with Gasteiger partial charge >= 0.3 is 0 Å². The predicted octanol–water partition coefficient (Wildman–Crippen LogP) is 1.41. The summed E-state index contributed by atoms with van der Waals surface area (Å²) < 4.78 is 0. The zero-order chi connectivity index (χ0) is 13.9. The van der Waals surface area contributed by atoms with E-state index in [1.165, 1.54) is 6.21 Å². The summed E-state index contributed by atoms with van der Waals surface area (Å²) in [5.41, 5.74) is 6.65. The molecule has 18 heavy (non-hydrogen) atoms. The third-order valence-corrected chi connectivity index (χ3v) is 3.49. The van der Waals surface area contributed by atoms with Crippen molar-refractivity contribution in [1.82, 2.24) is 5.01 Å². The van der Waals surface area contributed by atoms with Crippen LogP contribution in [0, 0.1) is 11.8 Å². The second-order valence-electron chi connectivity index (χ2n) is 4.76. The Morgan fingerprint density at radius 2 is 2.28 bits per heavy atom. The summed E-state index contributed by atoms with van der Waals surface area (Å²) in [5.74, 6) is -0.564. The van der Waals surface area contributed by atoms with E-state index in [9.17, 15) is 4.79 Å². The molecule has 0 radical (unpaired) electrons. The SMILES string of the molecule is C=C1C(=NC(C)C(C)CC)C(C(N)=O)C=NN1C. The Hall–Kier alpha value is -1.65. The predicted molar refractivity (Wildman–Crippen MR) is 74.4 cm³/mol. The van der Waals surface area contributed by atoms with Crippen LogP contribution in [-0.4, -0.2) is 35.9 Å². The summed E-state index contributed by atoms with van der Waals surface area (Å²) >= 11 is 0. The van der Waals surface area contributed by atoms with Gasteiger partial charge in [-0.2, -0.15) is 5.10 Å². The molecule has 3 unspecified atom stereocenters. The molecular formula is C13H22N4O. The second kappa shape index (κ2) is 5.80. The zero-order valence-electron chi connectivity index (χ0n) is 11.6. The molecule has 0 aliphatic carbocycles. The van der Waals surface area contributed by atoms with Crippen molar-refractivity contribution >= 4 is 17.8 Å². The summed E-state index contributed by atoms with van der Waals surface area (Å²) in [4.78, 5) is 16.1. The molecule has 0 aromatic heterocycles. The van der Waals surface area contributed by atoms with Crippen LogP contribution in [0.2, 0.25) is 0 Å². The molecule has 1 aliphatic heterocycles. The number of rotatable bonds is 4. The minimum absolute atomic E-state index is 0.128. The Bertz CT molecular complexity index is 400. The van der Waals surface area contributed by atoms with Crippen LogP contribution in [0.3, 0.4) is 0 Å². The Balaban J connectivity index is 3.07. The van der Waals surface area contributed by atoms with Crippen molar-refractivity contribution in [1.29, 1.82) is 0 Å². The van der Waals surface area contributed by atoms with Gasteiger partial charge in [-0.15, -0.1) is 0 Å². The number of hydrazone groups is 1. The molecule has 0 bridgehead atoms. The Morgan fingerprint density at radius 1 is 1.67 bits per heavy atom. The highest BCUT2D eigenvalue weighted by molar-refractivity contribution is 6.22. The van der Waals surface area contributed by atoms with E-state index in [-0.39, 0.29) is 6.04 Å². The maximum atomic E-state index is 11.4. The van der Waals surface area contributed by atoms with E-state index in [1.807, 2.05) is 6.92 Å². The van der Waals surface area contributed by atoms with Crippen molar-refractivity contribution in [3.05, 3.63) is 12.3 Å². The van der Waals surface area contributed by atoms with Crippen LogP contribution in [0.25, 0.3) is 0 Å². The summed E-state index contributed by atoms with van der Waals surface area (Å²) in [6, 6.07) is 0.128. The number of nitrogens with zero attached hydrogens (tertiary/aromatic N) is 3. The molecule has 1 heterocycles. The zero-order valence-corrected chi connectivity index (χ0v) is 11.6.